The zero-order chi connectivity index (χ0) is 15.6. The number of sulfonamides is 1. The van der Waals surface area contributed by atoms with E-state index in [1.807, 2.05) is 0 Å². The van der Waals surface area contributed by atoms with Gasteiger partial charge < -0.3 is 9.64 Å². The Bertz CT molecular complexity index is 642. The molecule has 0 aliphatic carbocycles. The molecule has 1 amide bonds. The van der Waals surface area contributed by atoms with Crippen LogP contribution in [-0.2, 0) is 26.0 Å². The van der Waals surface area contributed by atoms with Crippen LogP contribution in [0.15, 0.2) is 23.1 Å². The van der Waals surface area contributed by atoms with Crippen LogP contribution in [0.4, 0.5) is 5.69 Å². The number of nitrogens with one attached hydrogen (secondary N) is 1. The molecule has 7 heteroatoms. The van der Waals surface area contributed by atoms with Crippen molar-refractivity contribution < 1.29 is 17.9 Å². The molecule has 1 aliphatic rings. The van der Waals surface area contributed by atoms with Crippen LogP contribution in [0.3, 0.4) is 0 Å². The van der Waals surface area contributed by atoms with Crippen molar-refractivity contribution in [3.8, 4) is 0 Å². The molecule has 0 spiro atoms. The van der Waals surface area contributed by atoms with Gasteiger partial charge in [0.25, 0.3) is 0 Å². The van der Waals surface area contributed by atoms with Gasteiger partial charge in [0, 0.05) is 32.8 Å². The van der Waals surface area contributed by atoms with Gasteiger partial charge in [-0.25, -0.2) is 13.1 Å². The summed E-state index contributed by atoms with van der Waals surface area (Å²) in [4.78, 5) is 13.3. The van der Waals surface area contributed by atoms with Crippen molar-refractivity contribution in [2.24, 2.45) is 0 Å². The molecular formula is C14H20N2O4S. The third-order valence-corrected chi connectivity index (χ3v) is 5.03. The molecular weight excluding hydrogens is 292 g/mol. The molecule has 6 nitrogen and oxygen atoms in total. The van der Waals surface area contributed by atoms with Gasteiger partial charge in [-0.1, -0.05) is 6.07 Å². The molecule has 0 bridgehead atoms. The van der Waals surface area contributed by atoms with E-state index in [0.717, 1.165) is 12.0 Å². The number of hydrogen-bond acceptors (Lipinski definition) is 4. The summed E-state index contributed by atoms with van der Waals surface area (Å²) in [5, 5.41) is 0. The largest absolute Gasteiger partial charge is 0.380 e. The number of hydrogen-bond donors (Lipinski definition) is 1. The molecule has 1 aliphatic heterocycles. The van der Waals surface area contributed by atoms with Crippen molar-refractivity contribution in [2.45, 2.75) is 31.3 Å². The van der Waals surface area contributed by atoms with E-state index in [1.54, 1.807) is 30.0 Å². The lowest BCUT2D eigenvalue weighted by Gasteiger charge is -2.16. The van der Waals surface area contributed by atoms with E-state index in [0.29, 0.717) is 12.2 Å². The van der Waals surface area contributed by atoms with E-state index in [4.69, 9.17) is 4.74 Å². The number of fused-ring (bicyclic) bond motifs is 1. The fourth-order valence-electron chi connectivity index (χ4n) is 2.25. The highest BCUT2D eigenvalue weighted by atomic mass is 32.2. The Morgan fingerprint density at radius 2 is 2.19 bits per heavy atom. The van der Waals surface area contributed by atoms with Crippen LogP contribution < -0.4 is 9.62 Å². The number of benzene rings is 1. The second-order valence-electron chi connectivity index (χ2n) is 5.11. The van der Waals surface area contributed by atoms with Gasteiger partial charge in [0.05, 0.1) is 11.0 Å². The van der Waals surface area contributed by atoms with Crippen LogP contribution >= 0.6 is 0 Å². The SMILES string of the molecule is COC(C)CNS(=O)(=O)c1ccc2c(c1)N(C(C)=O)CC2. The average molecular weight is 312 g/mol. The molecule has 0 radical (unpaired) electrons. The number of carbonyl (C=O) groups excluding carboxylic acids is 1. The standard InChI is InChI=1S/C14H20N2O4S/c1-10(20-3)9-15-21(18,19)13-5-4-12-6-7-16(11(2)17)14(12)8-13/h4-5,8,10,15H,6-7,9H2,1-3H3. The van der Waals surface area contributed by atoms with Crippen LogP contribution in [0.25, 0.3) is 0 Å². The normalized spacial score (nSPS) is 15.9. The number of methoxy groups -OCH3 is 1. The molecule has 1 atom stereocenters. The Hall–Kier alpha value is -1.44. The molecule has 0 aromatic heterocycles. The number of rotatable bonds is 5. The lowest BCUT2D eigenvalue weighted by atomic mass is 10.2. The summed E-state index contributed by atoms with van der Waals surface area (Å²) in [5.41, 5.74) is 1.68. The number of amides is 1. The summed E-state index contributed by atoms with van der Waals surface area (Å²) in [6, 6.07) is 4.90. The van der Waals surface area contributed by atoms with E-state index in [-0.39, 0.29) is 23.5 Å². The quantitative estimate of drug-likeness (QED) is 0.877. The monoisotopic (exact) mass is 312 g/mol. The predicted molar refractivity (Wildman–Crippen MR) is 79.8 cm³/mol. The minimum atomic E-state index is -3.60. The zero-order valence-corrected chi connectivity index (χ0v) is 13.2. The predicted octanol–water partition coefficient (Wildman–Crippen LogP) is 0.909. The van der Waals surface area contributed by atoms with Gasteiger partial charge in [-0.3, -0.25) is 4.79 Å². The summed E-state index contributed by atoms with van der Waals surface area (Å²) in [6.07, 6.45) is 0.548. The minimum Gasteiger partial charge on any atom is -0.380 e. The first-order chi connectivity index (χ1) is 9.85. The van der Waals surface area contributed by atoms with Crippen LogP contribution in [0.1, 0.15) is 19.4 Å². The van der Waals surface area contributed by atoms with E-state index in [1.165, 1.54) is 14.0 Å². The molecule has 1 N–H and O–H groups in total. The van der Waals surface area contributed by atoms with Crippen molar-refractivity contribution in [1.82, 2.24) is 4.72 Å². The minimum absolute atomic E-state index is 0.0794. The van der Waals surface area contributed by atoms with E-state index in [9.17, 15) is 13.2 Å². The highest BCUT2D eigenvalue weighted by molar-refractivity contribution is 7.89. The first-order valence-electron chi connectivity index (χ1n) is 6.78. The van der Waals surface area contributed by atoms with Gasteiger partial charge >= 0.3 is 0 Å². The Kier molecular flexibility index (Phi) is 4.65. The molecule has 2 rings (SSSR count). The van der Waals surface area contributed by atoms with Crippen LogP contribution in [-0.4, -0.2) is 40.6 Å². The Labute approximate surface area is 125 Å². The molecule has 0 saturated carbocycles. The van der Waals surface area contributed by atoms with E-state index < -0.39 is 10.0 Å². The van der Waals surface area contributed by atoms with Gasteiger partial charge in [0.1, 0.15) is 0 Å². The number of carbonyl (C=O) groups is 1. The molecule has 1 heterocycles. The Balaban J connectivity index is 2.25. The molecule has 116 valence electrons. The van der Waals surface area contributed by atoms with Crippen molar-refractivity contribution in [1.29, 1.82) is 0 Å². The number of nitrogens with zero attached hydrogens (tertiary/aromatic N) is 1. The van der Waals surface area contributed by atoms with Crippen molar-refractivity contribution in [3.05, 3.63) is 23.8 Å². The van der Waals surface area contributed by atoms with Gasteiger partial charge in [0.15, 0.2) is 0 Å². The van der Waals surface area contributed by atoms with Gasteiger partial charge in [-0.05, 0) is 31.0 Å². The van der Waals surface area contributed by atoms with Gasteiger partial charge in [-0.15, -0.1) is 0 Å². The highest BCUT2D eigenvalue weighted by Gasteiger charge is 2.25. The first-order valence-corrected chi connectivity index (χ1v) is 8.27. The molecule has 21 heavy (non-hydrogen) atoms. The highest BCUT2D eigenvalue weighted by Crippen LogP contribution is 2.30. The van der Waals surface area contributed by atoms with Gasteiger partial charge in [-0.2, -0.15) is 0 Å². The lowest BCUT2D eigenvalue weighted by Crippen LogP contribution is -2.32. The van der Waals surface area contributed by atoms with Crippen LogP contribution in [0.2, 0.25) is 0 Å². The average Bonchev–Trinajstić information content (AvgIpc) is 2.87. The summed E-state index contributed by atoms with van der Waals surface area (Å²) in [7, 11) is -2.08. The maximum absolute atomic E-state index is 12.3. The molecule has 1 aromatic carbocycles. The third-order valence-electron chi connectivity index (χ3n) is 3.61. The zero-order valence-electron chi connectivity index (χ0n) is 12.4. The molecule has 0 saturated heterocycles. The van der Waals surface area contributed by atoms with E-state index in [2.05, 4.69) is 4.72 Å². The lowest BCUT2D eigenvalue weighted by molar-refractivity contribution is -0.116. The fourth-order valence-corrected chi connectivity index (χ4v) is 3.38. The van der Waals surface area contributed by atoms with Gasteiger partial charge in [0.2, 0.25) is 15.9 Å². The topological polar surface area (TPSA) is 75.7 Å². The maximum Gasteiger partial charge on any atom is 0.240 e. The first kappa shape index (κ1) is 15.9. The van der Waals surface area contributed by atoms with Crippen molar-refractivity contribution >= 4 is 21.6 Å². The van der Waals surface area contributed by atoms with Crippen LogP contribution in [0.5, 0.6) is 0 Å². The summed E-state index contributed by atoms with van der Waals surface area (Å²) < 4.78 is 32.0. The summed E-state index contributed by atoms with van der Waals surface area (Å²) in [5.74, 6) is -0.0794. The van der Waals surface area contributed by atoms with Crippen LogP contribution in [0, 0.1) is 0 Å². The fraction of sp³-hybridized carbons (Fsp3) is 0.500. The third kappa shape index (κ3) is 3.42. The summed E-state index contributed by atoms with van der Waals surface area (Å²) in [6.45, 7) is 4.06. The number of ether oxygens (including phenoxy) is 1. The maximum atomic E-state index is 12.3. The number of anilines is 1. The second kappa shape index (κ2) is 6.13. The van der Waals surface area contributed by atoms with Crippen molar-refractivity contribution in [2.75, 3.05) is 25.1 Å². The van der Waals surface area contributed by atoms with Crippen molar-refractivity contribution in [3.63, 3.8) is 0 Å². The Morgan fingerprint density at radius 1 is 1.48 bits per heavy atom. The molecule has 0 fully saturated rings. The summed E-state index contributed by atoms with van der Waals surface area (Å²) >= 11 is 0. The smallest absolute Gasteiger partial charge is 0.240 e. The second-order valence-corrected chi connectivity index (χ2v) is 6.88. The van der Waals surface area contributed by atoms with E-state index >= 15 is 0 Å². The molecule has 1 aromatic rings. The Morgan fingerprint density at radius 3 is 2.81 bits per heavy atom. The molecule has 1 unspecified atom stereocenters.